The van der Waals surface area contributed by atoms with E-state index in [-0.39, 0.29) is 0 Å². The maximum atomic E-state index is 11.6. The van der Waals surface area contributed by atoms with E-state index in [9.17, 15) is 9.59 Å². The van der Waals surface area contributed by atoms with Crippen molar-refractivity contribution in [2.45, 2.75) is 58.5 Å². The van der Waals surface area contributed by atoms with Crippen molar-refractivity contribution in [2.24, 2.45) is 11.8 Å². The molecule has 0 saturated heterocycles. The summed E-state index contributed by atoms with van der Waals surface area (Å²) in [5.41, 5.74) is 1.93. The van der Waals surface area contributed by atoms with Gasteiger partial charge in [-0.1, -0.05) is 51.2 Å². The van der Waals surface area contributed by atoms with Crippen LogP contribution in [0.2, 0.25) is 0 Å². The maximum Gasteiger partial charge on any atom is 0.344 e. The van der Waals surface area contributed by atoms with Crippen molar-refractivity contribution in [1.29, 1.82) is 0 Å². The van der Waals surface area contributed by atoms with Gasteiger partial charge in [0.05, 0.1) is 0 Å². The highest BCUT2D eigenvalue weighted by Gasteiger charge is 2.22. The molecule has 0 radical (unpaired) electrons. The molecular formula is C22H31NO4. The van der Waals surface area contributed by atoms with E-state index in [0.717, 1.165) is 29.6 Å². The lowest BCUT2D eigenvalue weighted by atomic mass is 9.76. The number of carbonyl (C=O) groups excluding carboxylic acids is 1. The molecule has 27 heavy (non-hydrogen) atoms. The number of ether oxygens (including phenoxy) is 1. The highest BCUT2D eigenvalue weighted by molar-refractivity contribution is 5.89. The Morgan fingerprint density at radius 3 is 2.52 bits per heavy atom. The van der Waals surface area contributed by atoms with Gasteiger partial charge in [-0.05, 0) is 49.0 Å². The summed E-state index contributed by atoms with van der Waals surface area (Å²) in [6.07, 6.45) is 9.73. The van der Waals surface area contributed by atoms with Gasteiger partial charge >= 0.3 is 11.9 Å². The highest BCUT2D eigenvalue weighted by Crippen LogP contribution is 2.34. The minimum atomic E-state index is -1.16. The van der Waals surface area contributed by atoms with E-state index >= 15 is 0 Å². The normalized spacial score (nSPS) is 21.0. The summed E-state index contributed by atoms with van der Waals surface area (Å²) in [5, 5.41) is 12.2. The molecule has 0 amide bonds. The van der Waals surface area contributed by atoms with Crippen molar-refractivity contribution in [3.05, 3.63) is 35.9 Å². The number of carboxylic acid groups (broad SMARTS) is 1. The van der Waals surface area contributed by atoms with Gasteiger partial charge in [0, 0.05) is 18.3 Å². The Morgan fingerprint density at radius 2 is 1.89 bits per heavy atom. The summed E-state index contributed by atoms with van der Waals surface area (Å²) in [6.45, 7) is 4.61. The molecule has 1 aromatic carbocycles. The Kier molecular flexibility index (Phi) is 8.37. The van der Waals surface area contributed by atoms with Crippen molar-refractivity contribution in [2.75, 3.05) is 11.9 Å². The standard InChI is InChI=1S/C22H31NO4/c1-3-18-6-4-5-7-19(18)14-15-23-20-11-8-17(9-12-20)10-13-21(24)27-16(2)22(25)26/h8-13,16,18-19,23H,3-7,14-15H2,1-2H3,(H,25,26). The van der Waals surface area contributed by atoms with Crippen LogP contribution < -0.4 is 5.32 Å². The fourth-order valence-electron chi connectivity index (χ4n) is 3.74. The quantitative estimate of drug-likeness (QED) is 0.483. The Bertz CT molecular complexity index is 638. The minimum Gasteiger partial charge on any atom is -0.479 e. The van der Waals surface area contributed by atoms with Crippen molar-refractivity contribution < 1.29 is 19.4 Å². The first-order valence-electron chi connectivity index (χ1n) is 9.95. The van der Waals surface area contributed by atoms with Gasteiger partial charge in [0.15, 0.2) is 6.10 Å². The van der Waals surface area contributed by atoms with Gasteiger partial charge in [-0.3, -0.25) is 0 Å². The average molecular weight is 373 g/mol. The molecule has 0 aromatic heterocycles. The summed E-state index contributed by atoms with van der Waals surface area (Å²) in [7, 11) is 0. The Labute approximate surface area is 161 Å². The zero-order valence-corrected chi connectivity index (χ0v) is 16.3. The lowest BCUT2D eigenvalue weighted by molar-refractivity contribution is -0.159. The van der Waals surface area contributed by atoms with Crippen LogP contribution in [0.4, 0.5) is 5.69 Å². The van der Waals surface area contributed by atoms with Crippen molar-refractivity contribution in [3.63, 3.8) is 0 Å². The van der Waals surface area contributed by atoms with E-state index in [1.54, 1.807) is 6.08 Å². The zero-order valence-electron chi connectivity index (χ0n) is 16.3. The van der Waals surface area contributed by atoms with E-state index in [1.807, 2.05) is 24.3 Å². The van der Waals surface area contributed by atoms with Gasteiger partial charge in [0.2, 0.25) is 0 Å². The highest BCUT2D eigenvalue weighted by atomic mass is 16.6. The number of hydrogen-bond acceptors (Lipinski definition) is 4. The number of rotatable bonds is 9. The third kappa shape index (κ3) is 7.08. The Balaban J connectivity index is 1.77. The molecular weight excluding hydrogens is 342 g/mol. The van der Waals surface area contributed by atoms with Crippen LogP contribution in [0.3, 0.4) is 0 Å². The molecule has 5 heteroatoms. The van der Waals surface area contributed by atoms with Crippen LogP contribution in [-0.4, -0.2) is 29.7 Å². The average Bonchev–Trinajstić information content (AvgIpc) is 2.67. The molecule has 0 bridgehead atoms. The molecule has 1 aliphatic rings. The maximum absolute atomic E-state index is 11.6. The second-order valence-corrected chi connectivity index (χ2v) is 7.30. The summed E-state index contributed by atoms with van der Waals surface area (Å²) in [5.74, 6) is -0.0925. The fourth-order valence-corrected chi connectivity index (χ4v) is 3.74. The number of carboxylic acids is 1. The predicted molar refractivity (Wildman–Crippen MR) is 108 cm³/mol. The number of carbonyl (C=O) groups is 2. The second kappa shape index (κ2) is 10.8. The predicted octanol–water partition coefficient (Wildman–Crippen LogP) is 4.73. The molecule has 2 N–H and O–H groups in total. The van der Waals surface area contributed by atoms with Gasteiger partial charge < -0.3 is 15.2 Å². The number of nitrogens with one attached hydrogen (secondary N) is 1. The summed E-state index contributed by atoms with van der Waals surface area (Å²) in [6, 6.07) is 7.82. The lowest BCUT2D eigenvalue weighted by Crippen LogP contribution is -2.22. The third-order valence-corrected chi connectivity index (χ3v) is 5.40. The van der Waals surface area contributed by atoms with Gasteiger partial charge in [-0.25, -0.2) is 9.59 Å². The lowest BCUT2D eigenvalue weighted by Gasteiger charge is -2.31. The van der Waals surface area contributed by atoms with Gasteiger partial charge in [-0.15, -0.1) is 0 Å². The first kappa shape index (κ1) is 21.0. The van der Waals surface area contributed by atoms with E-state index in [1.165, 1.54) is 51.5 Å². The largest absolute Gasteiger partial charge is 0.479 e. The summed E-state index contributed by atoms with van der Waals surface area (Å²) in [4.78, 5) is 22.2. The smallest absolute Gasteiger partial charge is 0.344 e. The van der Waals surface area contributed by atoms with Crippen molar-refractivity contribution in [1.82, 2.24) is 0 Å². The first-order valence-corrected chi connectivity index (χ1v) is 9.95. The molecule has 1 saturated carbocycles. The van der Waals surface area contributed by atoms with Crippen LogP contribution in [0, 0.1) is 11.8 Å². The number of esters is 1. The van der Waals surface area contributed by atoms with Gasteiger partial charge in [0.1, 0.15) is 0 Å². The topological polar surface area (TPSA) is 75.6 Å². The van der Waals surface area contributed by atoms with Crippen LogP contribution in [0.15, 0.2) is 30.3 Å². The molecule has 1 aliphatic carbocycles. The molecule has 3 unspecified atom stereocenters. The van der Waals surface area contributed by atoms with E-state index in [2.05, 4.69) is 12.2 Å². The summed E-state index contributed by atoms with van der Waals surface area (Å²) < 4.78 is 4.75. The molecule has 1 aromatic rings. The van der Waals surface area contributed by atoms with Crippen LogP contribution >= 0.6 is 0 Å². The molecule has 1 fully saturated rings. The number of hydrogen-bond donors (Lipinski definition) is 2. The first-order chi connectivity index (χ1) is 13.0. The van der Waals surface area contributed by atoms with Gasteiger partial charge in [-0.2, -0.15) is 0 Å². The number of benzene rings is 1. The zero-order chi connectivity index (χ0) is 19.6. The van der Waals surface area contributed by atoms with Crippen LogP contribution in [-0.2, 0) is 14.3 Å². The van der Waals surface area contributed by atoms with Crippen LogP contribution in [0.5, 0.6) is 0 Å². The molecule has 0 aliphatic heterocycles. The molecule has 0 spiro atoms. The Hall–Kier alpha value is -2.30. The van der Waals surface area contributed by atoms with E-state index in [4.69, 9.17) is 9.84 Å². The number of anilines is 1. The van der Waals surface area contributed by atoms with Crippen LogP contribution in [0.25, 0.3) is 6.08 Å². The molecule has 148 valence electrons. The summed E-state index contributed by atoms with van der Waals surface area (Å²) >= 11 is 0. The third-order valence-electron chi connectivity index (χ3n) is 5.40. The second-order valence-electron chi connectivity index (χ2n) is 7.30. The van der Waals surface area contributed by atoms with Crippen LogP contribution in [0.1, 0.15) is 57.9 Å². The van der Waals surface area contributed by atoms with Crippen molar-refractivity contribution >= 4 is 23.7 Å². The fraction of sp³-hybridized carbons (Fsp3) is 0.545. The van der Waals surface area contributed by atoms with Crippen molar-refractivity contribution in [3.8, 4) is 0 Å². The van der Waals surface area contributed by atoms with E-state index < -0.39 is 18.0 Å². The SMILES string of the molecule is CCC1CCCCC1CCNc1ccc(C=CC(=O)OC(C)C(=O)O)cc1. The molecule has 0 heterocycles. The molecule has 3 atom stereocenters. The Morgan fingerprint density at radius 1 is 1.22 bits per heavy atom. The molecule has 2 rings (SSSR count). The minimum absolute atomic E-state index is 0.662. The molecule has 5 nitrogen and oxygen atoms in total. The van der Waals surface area contributed by atoms with E-state index in [0.29, 0.717) is 0 Å². The van der Waals surface area contributed by atoms with Gasteiger partial charge in [0.25, 0.3) is 0 Å². The number of aliphatic carboxylic acids is 1. The monoisotopic (exact) mass is 373 g/mol.